The number of nitrogens with zero attached hydrogens (tertiary/aromatic N) is 4. The van der Waals surface area contributed by atoms with Crippen LogP contribution in [0.4, 0.5) is 4.79 Å². The van der Waals surface area contributed by atoms with Crippen LogP contribution in [0, 0.1) is 0 Å². The summed E-state index contributed by atoms with van der Waals surface area (Å²) in [5, 5.41) is 11.6. The number of urea groups is 1. The lowest BCUT2D eigenvalue weighted by Crippen LogP contribution is -2.36. The zero-order chi connectivity index (χ0) is 18.6. The number of rotatable bonds is 6. The van der Waals surface area contributed by atoms with Crippen molar-refractivity contribution in [2.45, 2.75) is 18.1 Å². The SMILES string of the molecule is CC(c1nnc(SCC(=O)NC(N)=O)n1-c1ccc(Cl)cc1)N(C)C. The molecule has 0 saturated carbocycles. The minimum Gasteiger partial charge on any atom is -0.351 e. The van der Waals surface area contributed by atoms with Gasteiger partial charge in [0, 0.05) is 10.7 Å². The Balaban J connectivity index is 2.34. The van der Waals surface area contributed by atoms with Gasteiger partial charge in [-0.05, 0) is 45.3 Å². The Bertz CT molecular complexity index is 762. The summed E-state index contributed by atoms with van der Waals surface area (Å²) in [5.74, 6) is 0.223. The molecule has 1 aromatic heterocycles. The lowest BCUT2D eigenvalue weighted by Gasteiger charge is -2.20. The molecule has 1 aromatic carbocycles. The molecule has 3 amide bonds. The van der Waals surface area contributed by atoms with Crippen LogP contribution in [-0.2, 0) is 4.79 Å². The maximum atomic E-state index is 11.7. The summed E-state index contributed by atoms with van der Waals surface area (Å²) in [4.78, 5) is 24.4. The standard InChI is InChI=1S/C15H19ClN6O2S/c1-9(21(2)3)13-19-20-15(25-8-12(23)18-14(17)24)22(13)11-6-4-10(16)5-7-11/h4-7,9H,8H2,1-3H3,(H3,17,18,23,24). The summed E-state index contributed by atoms with van der Waals surface area (Å²) < 4.78 is 1.86. The predicted molar refractivity (Wildman–Crippen MR) is 96.9 cm³/mol. The van der Waals surface area contributed by atoms with Crippen molar-refractivity contribution >= 4 is 35.3 Å². The number of imide groups is 1. The van der Waals surface area contributed by atoms with Crippen LogP contribution in [0.25, 0.3) is 5.69 Å². The van der Waals surface area contributed by atoms with E-state index in [0.29, 0.717) is 10.2 Å². The molecule has 2 rings (SSSR count). The summed E-state index contributed by atoms with van der Waals surface area (Å²) >= 11 is 7.13. The Kier molecular flexibility index (Phi) is 6.40. The number of thioether (sulfide) groups is 1. The van der Waals surface area contributed by atoms with Crippen molar-refractivity contribution in [3.8, 4) is 5.69 Å². The topological polar surface area (TPSA) is 106 Å². The van der Waals surface area contributed by atoms with E-state index in [4.69, 9.17) is 17.3 Å². The molecule has 1 atom stereocenters. The Morgan fingerprint density at radius 3 is 2.52 bits per heavy atom. The fraction of sp³-hybridized carbons (Fsp3) is 0.333. The minimum absolute atomic E-state index is 0.00280. The first-order valence-electron chi connectivity index (χ1n) is 7.39. The molecule has 25 heavy (non-hydrogen) atoms. The molecule has 1 unspecified atom stereocenters. The van der Waals surface area contributed by atoms with E-state index in [-0.39, 0.29) is 11.8 Å². The molecule has 0 aliphatic rings. The quantitative estimate of drug-likeness (QED) is 0.738. The van der Waals surface area contributed by atoms with Crippen LogP contribution in [0.15, 0.2) is 29.4 Å². The molecule has 1 heterocycles. The monoisotopic (exact) mass is 382 g/mol. The van der Waals surface area contributed by atoms with Crippen LogP contribution in [-0.4, -0.2) is 51.5 Å². The second kappa shape index (κ2) is 8.32. The number of aromatic nitrogens is 3. The largest absolute Gasteiger partial charge is 0.351 e. The molecule has 0 bridgehead atoms. The lowest BCUT2D eigenvalue weighted by molar-refractivity contribution is -0.117. The Morgan fingerprint density at radius 1 is 1.32 bits per heavy atom. The highest BCUT2D eigenvalue weighted by Crippen LogP contribution is 2.27. The van der Waals surface area contributed by atoms with E-state index in [1.807, 2.05) is 47.9 Å². The third-order valence-corrected chi connectivity index (χ3v) is 4.67. The fourth-order valence-corrected chi connectivity index (χ4v) is 2.90. The summed E-state index contributed by atoms with van der Waals surface area (Å²) in [6.07, 6.45) is 0. The molecule has 2 aromatic rings. The van der Waals surface area contributed by atoms with Gasteiger partial charge >= 0.3 is 6.03 Å². The van der Waals surface area contributed by atoms with Crippen molar-refractivity contribution in [3.63, 3.8) is 0 Å². The van der Waals surface area contributed by atoms with Crippen molar-refractivity contribution in [2.24, 2.45) is 5.73 Å². The highest BCUT2D eigenvalue weighted by atomic mass is 35.5. The van der Waals surface area contributed by atoms with Crippen molar-refractivity contribution < 1.29 is 9.59 Å². The van der Waals surface area contributed by atoms with Gasteiger partial charge in [-0.25, -0.2) is 4.79 Å². The molecule has 134 valence electrons. The van der Waals surface area contributed by atoms with Crippen LogP contribution in [0.5, 0.6) is 0 Å². The number of amides is 3. The Labute approximate surface area is 154 Å². The maximum absolute atomic E-state index is 11.7. The highest BCUT2D eigenvalue weighted by Gasteiger charge is 2.21. The molecule has 0 spiro atoms. The molecule has 0 aliphatic heterocycles. The molecule has 8 nitrogen and oxygen atoms in total. The van der Waals surface area contributed by atoms with Gasteiger partial charge in [0.25, 0.3) is 0 Å². The number of hydrogen-bond acceptors (Lipinski definition) is 6. The number of nitrogens with one attached hydrogen (secondary N) is 1. The zero-order valence-electron chi connectivity index (χ0n) is 14.1. The number of primary amides is 1. The van der Waals surface area contributed by atoms with Gasteiger partial charge in [-0.1, -0.05) is 23.4 Å². The van der Waals surface area contributed by atoms with E-state index in [1.54, 1.807) is 12.1 Å². The second-order valence-electron chi connectivity index (χ2n) is 5.49. The van der Waals surface area contributed by atoms with Crippen LogP contribution < -0.4 is 11.1 Å². The van der Waals surface area contributed by atoms with Gasteiger partial charge in [0.2, 0.25) is 5.91 Å². The lowest BCUT2D eigenvalue weighted by atomic mass is 10.2. The number of benzene rings is 1. The van der Waals surface area contributed by atoms with E-state index >= 15 is 0 Å². The van der Waals surface area contributed by atoms with E-state index in [9.17, 15) is 9.59 Å². The van der Waals surface area contributed by atoms with E-state index in [1.165, 1.54) is 0 Å². The molecule has 0 aliphatic carbocycles. The number of carbonyl (C=O) groups is 2. The van der Waals surface area contributed by atoms with Gasteiger partial charge in [-0.2, -0.15) is 0 Å². The molecule has 10 heteroatoms. The number of nitrogens with two attached hydrogens (primary N) is 1. The normalized spacial score (nSPS) is 12.2. The van der Waals surface area contributed by atoms with Crippen LogP contribution in [0.3, 0.4) is 0 Å². The van der Waals surface area contributed by atoms with E-state index in [0.717, 1.165) is 23.3 Å². The third-order valence-electron chi connectivity index (χ3n) is 3.49. The smallest absolute Gasteiger partial charge is 0.318 e. The average Bonchev–Trinajstić information content (AvgIpc) is 2.96. The second-order valence-corrected chi connectivity index (χ2v) is 6.87. The van der Waals surface area contributed by atoms with Gasteiger partial charge in [0.15, 0.2) is 11.0 Å². The first kappa shape index (κ1) is 19.2. The number of carbonyl (C=O) groups excluding carboxylic acids is 2. The van der Waals surface area contributed by atoms with Crippen molar-refractivity contribution in [2.75, 3.05) is 19.8 Å². The molecule has 0 fully saturated rings. The van der Waals surface area contributed by atoms with Gasteiger partial charge in [-0.3, -0.25) is 19.6 Å². The fourth-order valence-electron chi connectivity index (χ4n) is 2.01. The van der Waals surface area contributed by atoms with Crippen molar-refractivity contribution in [1.29, 1.82) is 0 Å². The first-order chi connectivity index (χ1) is 11.8. The summed E-state index contributed by atoms with van der Waals surface area (Å²) in [5.41, 5.74) is 5.77. The Morgan fingerprint density at radius 2 is 1.96 bits per heavy atom. The predicted octanol–water partition coefficient (Wildman–Crippen LogP) is 1.83. The summed E-state index contributed by atoms with van der Waals surface area (Å²) in [6.45, 7) is 2.00. The third kappa shape index (κ3) is 4.94. The minimum atomic E-state index is -0.883. The van der Waals surface area contributed by atoms with Crippen molar-refractivity contribution in [1.82, 2.24) is 25.0 Å². The Hall–Kier alpha value is -2.10. The molecule has 3 N–H and O–H groups in total. The van der Waals surface area contributed by atoms with E-state index in [2.05, 4.69) is 10.2 Å². The number of halogens is 1. The van der Waals surface area contributed by atoms with E-state index < -0.39 is 11.9 Å². The molecular weight excluding hydrogens is 364 g/mol. The maximum Gasteiger partial charge on any atom is 0.318 e. The van der Waals surface area contributed by atoms with Gasteiger partial charge in [-0.15, -0.1) is 10.2 Å². The van der Waals surface area contributed by atoms with Gasteiger partial charge in [0.05, 0.1) is 11.8 Å². The molecular formula is C15H19ClN6O2S. The van der Waals surface area contributed by atoms with Gasteiger partial charge < -0.3 is 5.73 Å². The van der Waals surface area contributed by atoms with Crippen LogP contribution >= 0.6 is 23.4 Å². The van der Waals surface area contributed by atoms with Gasteiger partial charge in [0.1, 0.15) is 0 Å². The highest BCUT2D eigenvalue weighted by molar-refractivity contribution is 7.99. The molecule has 0 radical (unpaired) electrons. The zero-order valence-corrected chi connectivity index (χ0v) is 15.6. The average molecular weight is 383 g/mol. The summed E-state index contributed by atoms with van der Waals surface area (Å²) in [6, 6.07) is 6.37. The summed E-state index contributed by atoms with van der Waals surface area (Å²) in [7, 11) is 3.89. The number of hydrogen-bond donors (Lipinski definition) is 2. The first-order valence-corrected chi connectivity index (χ1v) is 8.75. The van der Waals surface area contributed by atoms with Crippen LogP contribution in [0.1, 0.15) is 18.8 Å². The molecule has 0 saturated heterocycles. The van der Waals surface area contributed by atoms with Crippen LogP contribution in [0.2, 0.25) is 5.02 Å². The van der Waals surface area contributed by atoms with Crippen molar-refractivity contribution in [3.05, 3.63) is 35.1 Å².